The molecule has 27 aromatic carbocycles. The minimum Gasteiger partial charge on any atom is -0.456 e. The molecule has 0 aliphatic carbocycles. The molecule has 33 aromatic rings. The standard InChI is InChI=1S/3C48H28O2/c1-2-13-30(14-3-1)43-35-17-6-8-19-37(35)44(38-20-9-7-18-36(38)43)31-22-24-32(25-23-31)45-47-39(34-16-10-11-21-41(34)49-47)28-40-46-33-15-5-4-12-29(33)26-27-42(46)50-48(40)45;1-2-13-31(14-3-1)43-34-16-6-8-18-36(34)44(37-19-9-7-17-35(37)43)32-24-22-30(23-25-32)39-28-40-45-33-15-5-4-12-29(33)26-27-42(45)50-47(40)48-46(39)38-20-10-11-21-41(38)49-48;1-2-13-31(14-3-1)43-34-16-6-8-18-36(34)44(37-19-9-7-17-35(37)43)32-24-22-30(23-25-32)39-28-42-46(38-20-10-11-21-40(38)49-42)47-45-33-15-5-4-12-29(33)26-27-41(45)50-48(39)47/h3*1-28H. The predicted octanol–water partition coefficient (Wildman–Crippen LogP) is 41.8. The van der Waals surface area contributed by atoms with E-state index in [9.17, 15) is 0 Å². The zero-order chi connectivity index (χ0) is 98.3. The second-order valence-corrected chi connectivity index (χ2v) is 39.4. The Kier molecular flexibility index (Phi) is 19.1. The third-order valence-electron chi connectivity index (χ3n) is 31.4. The largest absolute Gasteiger partial charge is 0.456 e. The van der Waals surface area contributed by atoms with Crippen molar-refractivity contribution in [1.29, 1.82) is 0 Å². The number of hydrogen-bond donors (Lipinski definition) is 0. The molecule has 6 aromatic heterocycles. The lowest BCUT2D eigenvalue weighted by atomic mass is 9.85. The van der Waals surface area contributed by atoms with E-state index in [0.717, 1.165) is 165 Å². The summed E-state index contributed by atoms with van der Waals surface area (Å²) in [5, 5.41) is 35.3. The van der Waals surface area contributed by atoms with Crippen LogP contribution in [0, 0.1) is 0 Å². The van der Waals surface area contributed by atoms with Crippen molar-refractivity contribution in [3.05, 3.63) is 510 Å². The molecule has 0 saturated heterocycles. The summed E-state index contributed by atoms with van der Waals surface area (Å²) in [6.45, 7) is 0. The Morgan fingerprint density at radius 3 is 0.753 bits per heavy atom. The molecule has 0 fully saturated rings. The maximum absolute atomic E-state index is 6.82. The predicted molar refractivity (Wildman–Crippen MR) is 629 cm³/mol. The first-order valence-corrected chi connectivity index (χ1v) is 51.3. The number of rotatable bonds is 9. The van der Waals surface area contributed by atoms with Gasteiger partial charge in [0.2, 0.25) is 0 Å². The molecule has 0 spiro atoms. The Balaban J connectivity index is 0.000000101. The van der Waals surface area contributed by atoms with E-state index < -0.39 is 0 Å². The molecular weight excluding hydrogens is 1830 g/mol. The number of fused-ring (bicyclic) bond motifs is 32. The van der Waals surface area contributed by atoms with Gasteiger partial charge >= 0.3 is 0 Å². The highest BCUT2D eigenvalue weighted by Gasteiger charge is 2.30. The SMILES string of the molecule is c1ccc(-c2c3ccccc3c(-c3ccc(-c4c5oc6ccccc6c5cc5c4oc4ccc6ccccc6c45)cc3)c3ccccc23)cc1.c1ccc(-c2c3ccccc3c(-c3ccc(-c4cc5c(oc6ccc7ccccc7c65)c5oc6ccccc6c45)cc3)c3ccccc23)cc1.c1ccc(-c2c3ccccc3c(-c3ccc(-c4cc5oc6ccccc6c5c5c4oc4ccc6ccccc6c45)cc3)c3ccccc23)cc1. The Hall–Kier alpha value is -19.9. The van der Waals surface area contributed by atoms with Gasteiger partial charge in [-0.15, -0.1) is 0 Å². The average molecular weight is 1910 g/mol. The van der Waals surface area contributed by atoms with E-state index in [1.807, 2.05) is 36.4 Å². The molecule has 33 rings (SSSR count). The smallest absolute Gasteiger partial charge is 0.179 e. The van der Waals surface area contributed by atoms with Crippen molar-refractivity contribution in [3.8, 4) is 100 Å². The van der Waals surface area contributed by atoms with Gasteiger partial charge in [-0.3, -0.25) is 0 Å². The highest BCUT2D eigenvalue weighted by Crippen LogP contribution is 2.55. The Labute approximate surface area is 858 Å². The van der Waals surface area contributed by atoms with Gasteiger partial charge in [0.25, 0.3) is 0 Å². The summed E-state index contributed by atoms with van der Waals surface area (Å²) >= 11 is 0. The number of hydrogen-bond acceptors (Lipinski definition) is 6. The van der Waals surface area contributed by atoms with E-state index in [-0.39, 0.29) is 0 Å². The minimum atomic E-state index is 0.788. The molecule has 0 saturated carbocycles. The average Bonchev–Trinajstić information content (AvgIpc) is 1.53. The van der Waals surface area contributed by atoms with Crippen LogP contribution in [0.2, 0.25) is 0 Å². The van der Waals surface area contributed by atoms with Gasteiger partial charge < -0.3 is 26.5 Å². The Morgan fingerprint density at radius 1 is 0.100 bits per heavy atom. The maximum atomic E-state index is 6.82. The van der Waals surface area contributed by atoms with E-state index in [4.69, 9.17) is 26.5 Å². The third kappa shape index (κ3) is 13.1. The fourth-order valence-corrected chi connectivity index (χ4v) is 24.9. The monoisotopic (exact) mass is 1910 g/mol. The highest BCUT2D eigenvalue weighted by molar-refractivity contribution is 6.35. The molecule has 0 aliphatic rings. The normalized spacial score (nSPS) is 12.0. The molecule has 0 radical (unpaired) electrons. The topological polar surface area (TPSA) is 78.8 Å². The van der Waals surface area contributed by atoms with Crippen LogP contribution in [-0.4, -0.2) is 0 Å². The van der Waals surface area contributed by atoms with Crippen molar-refractivity contribution in [3.63, 3.8) is 0 Å². The maximum Gasteiger partial charge on any atom is 0.179 e. The summed E-state index contributed by atoms with van der Waals surface area (Å²) < 4.78 is 40.0. The van der Waals surface area contributed by atoms with Crippen molar-refractivity contribution in [2.24, 2.45) is 0 Å². The lowest BCUT2D eigenvalue weighted by Gasteiger charge is -2.18. The first-order chi connectivity index (χ1) is 74.4. The van der Waals surface area contributed by atoms with Crippen LogP contribution < -0.4 is 0 Å². The van der Waals surface area contributed by atoms with E-state index in [2.05, 4.69) is 473 Å². The van der Waals surface area contributed by atoms with Crippen LogP contribution in [0.15, 0.2) is 536 Å². The zero-order valence-electron chi connectivity index (χ0n) is 80.9. The fourth-order valence-electron chi connectivity index (χ4n) is 24.9. The van der Waals surface area contributed by atoms with Crippen molar-refractivity contribution in [2.75, 3.05) is 0 Å². The lowest BCUT2D eigenvalue weighted by Crippen LogP contribution is -1.91. The zero-order valence-corrected chi connectivity index (χ0v) is 80.9. The molecular formula is C144H84O6. The summed E-state index contributed by atoms with van der Waals surface area (Å²) in [6, 6.07) is 182. The molecule has 6 heteroatoms. The highest BCUT2D eigenvalue weighted by atomic mass is 16.4. The Morgan fingerprint density at radius 2 is 0.353 bits per heavy atom. The molecule has 6 heterocycles. The van der Waals surface area contributed by atoms with Gasteiger partial charge in [0, 0.05) is 70.2 Å². The van der Waals surface area contributed by atoms with E-state index in [1.54, 1.807) is 0 Å². The van der Waals surface area contributed by atoms with Crippen molar-refractivity contribution in [1.82, 2.24) is 0 Å². The van der Waals surface area contributed by atoms with E-state index in [0.29, 0.717) is 0 Å². The number of furan rings is 6. The summed E-state index contributed by atoms with van der Waals surface area (Å²) in [6.07, 6.45) is 0. The Bertz CT molecular complexity index is 11200. The van der Waals surface area contributed by atoms with Gasteiger partial charge in [0.1, 0.15) is 55.8 Å². The molecule has 0 N–H and O–H groups in total. The molecule has 696 valence electrons. The van der Waals surface area contributed by atoms with Crippen molar-refractivity contribution in [2.45, 2.75) is 0 Å². The minimum absolute atomic E-state index is 0.788. The van der Waals surface area contributed by atoms with Gasteiger partial charge in [0.05, 0.1) is 5.56 Å². The summed E-state index contributed by atoms with van der Waals surface area (Å²) in [4.78, 5) is 0. The van der Waals surface area contributed by atoms with Gasteiger partial charge in [-0.1, -0.05) is 455 Å². The molecule has 0 amide bonds. The van der Waals surface area contributed by atoms with E-state index in [1.165, 1.54) is 164 Å². The first-order valence-electron chi connectivity index (χ1n) is 51.3. The third-order valence-corrected chi connectivity index (χ3v) is 31.4. The van der Waals surface area contributed by atoms with Gasteiger partial charge in [0.15, 0.2) is 11.2 Å². The van der Waals surface area contributed by atoms with Crippen LogP contribution >= 0.6 is 0 Å². The van der Waals surface area contributed by atoms with Crippen molar-refractivity contribution < 1.29 is 26.5 Å². The molecule has 6 nitrogen and oxygen atoms in total. The van der Waals surface area contributed by atoms with Gasteiger partial charge in [-0.2, -0.15) is 0 Å². The first kappa shape index (κ1) is 84.6. The summed E-state index contributed by atoms with van der Waals surface area (Å²) in [5.41, 5.74) is 31.4. The quantitative estimate of drug-likeness (QED) is 0.134. The van der Waals surface area contributed by atoms with Crippen LogP contribution in [0.4, 0.5) is 0 Å². The number of benzene rings is 27. The van der Waals surface area contributed by atoms with Crippen LogP contribution in [0.5, 0.6) is 0 Å². The summed E-state index contributed by atoms with van der Waals surface area (Å²) in [7, 11) is 0. The fraction of sp³-hybridized carbons (Fsp3) is 0. The molecule has 0 bridgehead atoms. The van der Waals surface area contributed by atoms with E-state index >= 15 is 0 Å². The molecule has 150 heavy (non-hydrogen) atoms. The molecule has 0 unspecified atom stereocenters. The van der Waals surface area contributed by atoms with Crippen LogP contribution in [0.25, 0.3) is 329 Å². The molecule has 0 atom stereocenters. The van der Waals surface area contributed by atoms with Crippen LogP contribution in [0.1, 0.15) is 0 Å². The second-order valence-electron chi connectivity index (χ2n) is 39.4. The van der Waals surface area contributed by atoms with Gasteiger partial charge in [-0.05, 0) is 241 Å². The molecule has 0 aliphatic heterocycles. The van der Waals surface area contributed by atoms with Crippen molar-refractivity contribution >= 4 is 229 Å². The van der Waals surface area contributed by atoms with Crippen LogP contribution in [-0.2, 0) is 0 Å². The lowest BCUT2D eigenvalue weighted by molar-refractivity contribution is 0.633. The summed E-state index contributed by atoms with van der Waals surface area (Å²) in [5.74, 6) is 0. The van der Waals surface area contributed by atoms with Crippen LogP contribution in [0.3, 0.4) is 0 Å². The number of para-hydroxylation sites is 3. The second kappa shape index (κ2) is 33.9. The van der Waals surface area contributed by atoms with Gasteiger partial charge in [-0.25, -0.2) is 0 Å².